The van der Waals surface area contributed by atoms with Gasteiger partial charge < -0.3 is 9.64 Å². The van der Waals surface area contributed by atoms with Crippen LogP contribution in [-0.4, -0.2) is 41.9 Å². The van der Waals surface area contributed by atoms with Gasteiger partial charge in [-0.3, -0.25) is 4.79 Å². The first-order chi connectivity index (χ1) is 5.74. The van der Waals surface area contributed by atoms with Gasteiger partial charge in [-0.25, -0.2) is 0 Å². The first-order valence-corrected chi connectivity index (χ1v) is 5.15. The normalized spacial score (nSPS) is 23.2. The third kappa shape index (κ3) is 2.75. The van der Waals surface area contributed by atoms with Gasteiger partial charge in [0.2, 0.25) is 5.91 Å². The molecule has 12 heavy (non-hydrogen) atoms. The Bertz CT molecular complexity index is 163. The summed E-state index contributed by atoms with van der Waals surface area (Å²) < 4.78 is 5.04. The largest absolute Gasteiger partial charge is 0.372 e. The fourth-order valence-electron chi connectivity index (χ4n) is 1.22. The van der Waals surface area contributed by atoms with Gasteiger partial charge in [-0.05, 0) is 13.3 Å². The minimum atomic E-state index is 0.110. The highest BCUT2D eigenvalue weighted by molar-refractivity contribution is 9.09. The number of hydrogen-bond acceptors (Lipinski definition) is 2. The van der Waals surface area contributed by atoms with Crippen molar-refractivity contribution in [2.45, 2.75) is 18.2 Å². The van der Waals surface area contributed by atoms with E-state index < -0.39 is 0 Å². The smallest absolute Gasteiger partial charge is 0.248 e. The monoisotopic (exact) mass is 235 g/mol. The number of rotatable bonds is 3. The Kier molecular flexibility index (Phi) is 4.01. The van der Waals surface area contributed by atoms with Crippen molar-refractivity contribution in [1.29, 1.82) is 0 Å². The van der Waals surface area contributed by atoms with Gasteiger partial charge in [0.1, 0.15) is 6.61 Å². The average molecular weight is 236 g/mol. The van der Waals surface area contributed by atoms with E-state index in [0.29, 0.717) is 11.4 Å². The van der Waals surface area contributed by atoms with Crippen LogP contribution in [0, 0.1) is 0 Å². The van der Waals surface area contributed by atoms with Crippen LogP contribution in [0.2, 0.25) is 0 Å². The highest BCUT2D eigenvalue weighted by Gasteiger charge is 2.23. The lowest BCUT2D eigenvalue weighted by atomic mass is 10.4. The van der Waals surface area contributed by atoms with Crippen molar-refractivity contribution >= 4 is 21.8 Å². The second kappa shape index (κ2) is 4.82. The van der Waals surface area contributed by atoms with E-state index in [9.17, 15) is 4.79 Å². The quantitative estimate of drug-likeness (QED) is 0.684. The first-order valence-electron chi connectivity index (χ1n) is 4.23. The molecule has 1 unspecified atom stereocenters. The molecule has 1 amide bonds. The van der Waals surface area contributed by atoms with Gasteiger partial charge in [-0.1, -0.05) is 15.9 Å². The van der Waals surface area contributed by atoms with E-state index >= 15 is 0 Å². The lowest BCUT2D eigenvalue weighted by molar-refractivity contribution is -0.134. The number of ether oxygens (including phenoxy) is 1. The van der Waals surface area contributed by atoms with Crippen LogP contribution >= 0.6 is 15.9 Å². The van der Waals surface area contributed by atoms with Gasteiger partial charge in [0.05, 0.1) is 0 Å². The van der Waals surface area contributed by atoms with Crippen molar-refractivity contribution in [3.63, 3.8) is 0 Å². The van der Waals surface area contributed by atoms with E-state index in [2.05, 4.69) is 15.9 Å². The van der Waals surface area contributed by atoms with E-state index in [-0.39, 0.29) is 12.5 Å². The predicted molar refractivity (Wildman–Crippen MR) is 50.4 cm³/mol. The van der Waals surface area contributed by atoms with E-state index in [0.717, 1.165) is 19.5 Å². The van der Waals surface area contributed by atoms with Gasteiger partial charge in [0, 0.05) is 24.5 Å². The Balaban J connectivity index is 2.23. The molecule has 3 nitrogen and oxygen atoms in total. The summed E-state index contributed by atoms with van der Waals surface area (Å²) >= 11 is 3.48. The SMILES string of the molecule is CCOCC(=O)N1CCC(Br)C1. The van der Waals surface area contributed by atoms with Crippen LogP contribution in [0.15, 0.2) is 0 Å². The number of carbonyl (C=O) groups is 1. The van der Waals surface area contributed by atoms with Crippen LogP contribution in [0.5, 0.6) is 0 Å². The van der Waals surface area contributed by atoms with Crippen LogP contribution in [-0.2, 0) is 9.53 Å². The summed E-state index contributed by atoms with van der Waals surface area (Å²) in [5, 5.41) is 0. The summed E-state index contributed by atoms with van der Waals surface area (Å²) in [5.74, 6) is 0.110. The molecule has 1 aliphatic heterocycles. The number of alkyl halides is 1. The molecule has 4 heteroatoms. The molecule has 70 valence electrons. The average Bonchev–Trinajstić information content (AvgIpc) is 2.47. The van der Waals surface area contributed by atoms with Crippen molar-refractivity contribution < 1.29 is 9.53 Å². The van der Waals surface area contributed by atoms with Crippen molar-refractivity contribution in [2.75, 3.05) is 26.3 Å². The van der Waals surface area contributed by atoms with Crippen LogP contribution in [0.1, 0.15) is 13.3 Å². The Morgan fingerprint density at radius 3 is 3.00 bits per heavy atom. The Labute approximate surface area is 81.2 Å². The zero-order valence-corrected chi connectivity index (χ0v) is 8.84. The Morgan fingerprint density at radius 1 is 1.75 bits per heavy atom. The molecule has 0 spiro atoms. The van der Waals surface area contributed by atoms with Crippen LogP contribution in [0.3, 0.4) is 0 Å². The molecule has 1 heterocycles. The molecule has 0 radical (unpaired) electrons. The zero-order valence-electron chi connectivity index (χ0n) is 7.25. The molecule has 0 saturated carbocycles. The molecule has 0 aliphatic carbocycles. The lowest BCUT2D eigenvalue weighted by Crippen LogP contribution is -2.32. The van der Waals surface area contributed by atoms with Gasteiger partial charge in [0.25, 0.3) is 0 Å². The summed E-state index contributed by atoms with van der Waals surface area (Å²) in [5.41, 5.74) is 0. The van der Waals surface area contributed by atoms with Gasteiger partial charge in [0.15, 0.2) is 0 Å². The third-order valence-electron chi connectivity index (χ3n) is 1.91. The Morgan fingerprint density at radius 2 is 2.50 bits per heavy atom. The summed E-state index contributed by atoms with van der Waals surface area (Å²) in [4.78, 5) is 13.6. The molecule has 0 aromatic rings. The predicted octanol–water partition coefficient (Wildman–Crippen LogP) is 1.02. The van der Waals surface area contributed by atoms with E-state index in [1.807, 2.05) is 11.8 Å². The first kappa shape index (κ1) is 9.99. The molecule has 0 bridgehead atoms. The van der Waals surface area contributed by atoms with Crippen molar-refractivity contribution in [1.82, 2.24) is 4.90 Å². The summed E-state index contributed by atoms with van der Waals surface area (Å²) in [7, 11) is 0. The molecule has 1 saturated heterocycles. The summed E-state index contributed by atoms with van der Waals surface area (Å²) in [6.45, 7) is 4.42. The fraction of sp³-hybridized carbons (Fsp3) is 0.875. The maximum absolute atomic E-state index is 11.3. The van der Waals surface area contributed by atoms with E-state index in [1.54, 1.807) is 0 Å². The van der Waals surface area contributed by atoms with E-state index in [4.69, 9.17) is 4.74 Å². The number of hydrogen-bond donors (Lipinski definition) is 0. The summed E-state index contributed by atoms with van der Waals surface area (Å²) in [6.07, 6.45) is 1.05. The minimum Gasteiger partial charge on any atom is -0.372 e. The topological polar surface area (TPSA) is 29.5 Å². The van der Waals surface area contributed by atoms with Crippen molar-refractivity contribution in [3.05, 3.63) is 0 Å². The second-order valence-electron chi connectivity index (χ2n) is 2.86. The van der Waals surface area contributed by atoms with Crippen molar-refractivity contribution in [2.24, 2.45) is 0 Å². The number of likely N-dealkylation sites (tertiary alicyclic amines) is 1. The molecule has 1 aliphatic rings. The molecule has 0 N–H and O–H groups in total. The van der Waals surface area contributed by atoms with Crippen molar-refractivity contribution in [3.8, 4) is 0 Å². The fourth-order valence-corrected chi connectivity index (χ4v) is 1.78. The maximum Gasteiger partial charge on any atom is 0.248 e. The molecule has 1 fully saturated rings. The summed E-state index contributed by atoms with van der Waals surface area (Å²) in [6, 6.07) is 0. The number of amides is 1. The van der Waals surface area contributed by atoms with Crippen LogP contribution in [0.4, 0.5) is 0 Å². The molecule has 0 aromatic carbocycles. The molecule has 0 aromatic heterocycles. The second-order valence-corrected chi connectivity index (χ2v) is 4.16. The zero-order chi connectivity index (χ0) is 8.97. The van der Waals surface area contributed by atoms with E-state index in [1.165, 1.54) is 0 Å². The third-order valence-corrected chi connectivity index (χ3v) is 2.66. The lowest BCUT2D eigenvalue weighted by Gasteiger charge is -2.14. The molecular formula is C8H14BrNO2. The maximum atomic E-state index is 11.3. The van der Waals surface area contributed by atoms with Crippen LogP contribution in [0.25, 0.3) is 0 Å². The van der Waals surface area contributed by atoms with Gasteiger partial charge in [-0.2, -0.15) is 0 Å². The number of halogens is 1. The number of carbonyl (C=O) groups excluding carboxylic acids is 1. The Hall–Kier alpha value is -0.0900. The minimum absolute atomic E-state index is 0.110. The van der Waals surface area contributed by atoms with Gasteiger partial charge >= 0.3 is 0 Å². The van der Waals surface area contributed by atoms with Crippen LogP contribution < -0.4 is 0 Å². The van der Waals surface area contributed by atoms with Gasteiger partial charge in [-0.15, -0.1) is 0 Å². The highest BCUT2D eigenvalue weighted by atomic mass is 79.9. The highest BCUT2D eigenvalue weighted by Crippen LogP contribution is 2.16. The number of nitrogens with zero attached hydrogens (tertiary/aromatic N) is 1. The molecule has 1 atom stereocenters. The standard InChI is InChI=1S/C8H14BrNO2/c1-2-12-6-8(11)10-4-3-7(9)5-10/h7H,2-6H2,1H3. The molecular weight excluding hydrogens is 222 g/mol. The molecule has 1 rings (SSSR count).